The highest BCUT2D eigenvalue weighted by Gasteiger charge is 2.36. The maximum atomic E-state index is 12.9. The molecule has 0 aliphatic heterocycles. The third-order valence-corrected chi connectivity index (χ3v) is 7.42. The van der Waals surface area contributed by atoms with Crippen molar-refractivity contribution >= 4 is 44.8 Å². The molecular formula is C22H24N2O3S2. The van der Waals surface area contributed by atoms with E-state index >= 15 is 0 Å². The smallest absolute Gasteiger partial charge is 0.310 e. The SMILES string of the molecule is CC(OC(=O)C1CCCCC1c1nc2ccccc2s1)C(=O)NCc1cccs1. The van der Waals surface area contributed by atoms with Crippen LogP contribution in [0.15, 0.2) is 41.8 Å². The van der Waals surface area contributed by atoms with Crippen LogP contribution in [0.3, 0.4) is 0 Å². The molecule has 2 aromatic heterocycles. The predicted octanol–water partition coefficient (Wildman–Crippen LogP) is 4.88. The summed E-state index contributed by atoms with van der Waals surface area (Å²) in [6.45, 7) is 2.09. The highest BCUT2D eigenvalue weighted by Crippen LogP contribution is 2.41. The molecule has 1 aliphatic rings. The molecule has 1 N–H and O–H groups in total. The summed E-state index contributed by atoms with van der Waals surface area (Å²) in [5, 5.41) is 5.81. The van der Waals surface area contributed by atoms with Gasteiger partial charge in [0, 0.05) is 10.8 Å². The van der Waals surface area contributed by atoms with Crippen molar-refractivity contribution in [2.45, 2.75) is 51.2 Å². The predicted molar refractivity (Wildman–Crippen MR) is 116 cm³/mol. The van der Waals surface area contributed by atoms with Gasteiger partial charge in [0.05, 0.1) is 27.7 Å². The molecular weight excluding hydrogens is 404 g/mol. The molecule has 29 heavy (non-hydrogen) atoms. The van der Waals surface area contributed by atoms with Crippen LogP contribution in [0.25, 0.3) is 10.2 Å². The number of fused-ring (bicyclic) bond motifs is 1. The highest BCUT2D eigenvalue weighted by molar-refractivity contribution is 7.18. The van der Waals surface area contributed by atoms with Crippen molar-refractivity contribution in [3.05, 3.63) is 51.7 Å². The molecule has 0 saturated heterocycles. The molecule has 1 aromatic carbocycles. The number of para-hydroxylation sites is 1. The lowest BCUT2D eigenvalue weighted by Crippen LogP contribution is -2.38. The van der Waals surface area contributed by atoms with E-state index in [4.69, 9.17) is 9.72 Å². The summed E-state index contributed by atoms with van der Waals surface area (Å²) in [6.07, 6.45) is 2.99. The maximum Gasteiger partial charge on any atom is 0.310 e. The van der Waals surface area contributed by atoms with Crippen LogP contribution in [0.5, 0.6) is 0 Å². The monoisotopic (exact) mass is 428 g/mol. The van der Waals surface area contributed by atoms with Crippen molar-refractivity contribution in [1.29, 1.82) is 0 Å². The standard InChI is InChI=1S/C22H24N2O3S2/c1-14(20(25)23-13-15-7-6-12-28-15)27-22(26)17-9-3-2-8-16(17)21-24-18-10-4-5-11-19(18)29-21/h4-7,10-12,14,16-17H,2-3,8-9,13H2,1H3,(H,23,25). The molecule has 2 heterocycles. The lowest BCUT2D eigenvalue weighted by molar-refractivity contribution is -0.160. The lowest BCUT2D eigenvalue weighted by Gasteiger charge is -2.29. The van der Waals surface area contributed by atoms with Gasteiger partial charge in [-0.25, -0.2) is 4.98 Å². The first-order valence-electron chi connectivity index (χ1n) is 9.98. The molecule has 3 atom stereocenters. The number of ether oxygens (including phenoxy) is 1. The van der Waals surface area contributed by atoms with E-state index in [1.54, 1.807) is 29.6 Å². The lowest BCUT2D eigenvalue weighted by atomic mass is 9.79. The third-order valence-electron chi connectivity index (χ3n) is 5.38. The second-order valence-electron chi connectivity index (χ2n) is 7.39. The molecule has 1 saturated carbocycles. The fourth-order valence-corrected chi connectivity index (χ4v) is 5.62. The number of esters is 1. The number of hydrogen-bond acceptors (Lipinski definition) is 6. The van der Waals surface area contributed by atoms with Crippen LogP contribution in [0.1, 0.15) is 48.4 Å². The van der Waals surface area contributed by atoms with Crippen LogP contribution in [-0.4, -0.2) is 23.0 Å². The van der Waals surface area contributed by atoms with E-state index in [1.807, 2.05) is 35.7 Å². The van der Waals surface area contributed by atoms with E-state index in [2.05, 4.69) is 11.4 Å². The van der Waals surface area contributed by atoms with E-state index in [-0.39, 0.29) is 23.7 Å². The van der Waals surface area contributed by atoms with Crippen LogP contribution in [0, 0.1) is 5.92 Å². The molecule has 0 bridgehead atoms. The van der Waals surface area contributed by atoms with Crippen molar-refractivity contribution in [2.24, 2.45) is 5.92 Å². The van der Waals surface area contributed by atoms with Crippen molar-refractivity contribution in [3.63, 3.8) is 0 Å². The number of amides is 1. The average Bonchev–Trinajstić information content (AvgIpc) is 3.41. The zero-order chi connectivity index (χ0) is 20.2. The van der Waals surface area contributed by atoms with Gasteiger partial charge in [-0.3, -0.25) is 9.59 Å². The minimum Gasteiger partial charge on any atom is -0.452 e. The molecule has 152 valence electrons. The van der Waals surface area contributed by atoms with Gasteiger partial charge in [-0.1, -0.05) is 31.0 Å². The van der Waals surface area contributed by atoms with Crippen LogP contribution < -0.4 is 5.32 Å². The minimum atomic E-state index is -0.805. The van der Waals surface area contributed by atoms with Crippen LogP contribution in [-0.2, 0) is 20.9 Å². The molecule has 0 radical (unpaired) electrons. The number of nitrogens with one attached hydrogen (secondary N) is 1. The number of rotatable bonds is 6. The number of carbonyl (C=O) groups is 2. The minimum absolute atomic E-state index is 0.0648. The molecule has 1 aliphatic carbocycles. The van der Waals surface area contributed by atoms with E-state index in [1.165, 1.54) is 0 Å². The summed E-state index contributed by atoms with van der Waals surface area (Å²) < 4.78 is 6.72. The molecule has 1 fully saturated rings. The molecule has 3 aromatic rings. The fourth-order valence-electron chi connectivity index (χ4n) is 3.80. The van der Waals surface area contributed by atoms with Gasteiger partial charge in [-0.15, -0.1) is 22.7 Å². The number of thiophene rings is 1. The first-order valence-corrected chi connectivity index (χ1v) is 11.7. The Hall–Kier alpha value is -2.25. The Morgan fingerprint density at radius 3 is 2.83 bits per heavy atom. The molecule has 5 nitrogen and oxygen atoms in total. The quantitative estimate of drug-likeness (QED) is 0.568. The third kappa shape index (κ3) is 4.67. The van der Waals surface area contributed by atoms with E-state index in [0.717, 1.165) is 45.8 Å². The first kappa shape index (κ1) is 20.0. The van der Waals surface area contributed by atoms with Crippen LogP contribution in [0.2, 0.25) is 0 Å². The van der Waals surface area contributed by atoms with Crippen molar-refractivity contribution in [1.82, 2.24) is 10.3 Å². The Morgan fingerprint density at radius 1 is 1.21 bits per heavy atom. The number of nitrogens with zero attached hydrogens (tertiary/aromatic N) is 1. The Labute approximate surface area is 178 Å². The fraction of sp³-hybridized carbons (Fsp3) is 0.409. The number of benzene rings is 1. The van der Waals surface area contributed by atoms with Gasteiger partial charge >= 0.3 is 5.97 Å². The number of carbonyl (C=O) groups excluding carboxylic acids is 2. The van der Waals surface area contributed by atoms with E-state index in [9.17, 15) is 9.59 Å². The van der Waals surface area contributed by atoms with Gasteiger partial charge in [0.25, 0.3) is 5.91 Å². The van der Waals surface area contributed by atoms with Gasteiger partial charge in [0.2, 0.25) is 0 Å². The number of aromatic nitrogens is 1. The summed E-state index contributed by atoms with van der Waals surface area (Å²) in [5.74, 6) is -0.723. The second kappa shape index (κ2) is 9.05. The Kier molecular flexibility index (Phi) is 6.25. The van der Waals surface area contributed by atoms with Crippen molar-refractivity contribution < 1.29 is 14.3 Å². The second-order valence-corrected chi connectivity index (χ2v) is 9.49. The first-order chi connectivity index (χ1) is 14.1. The zero-order valence-electron chi connectivity index (χ0n) is 16.3. The highest BCUT2D eigenvalue weighted by atomic mass is 32.1. The number of hydrogen-bond donors (Lipinski definition) is 1. The van der Waals surface area contributed by atoms with Gasteiger partial charge in [-0.2, -0.15) is 0 Å². The summed E-state index contributed by atoms with van der Waals surface area (Å²) in [4.78, 5) is 31.1. The largest absolute Gasteiger partial charge is 0.452 e. The average molecular weight is 429 g/mol. The van der Waals surface area contributed by atoms with Gasteiger partial charge in [-0.05, 0) is 43.3 Å². The molecule has 3 unspecified atom stereocenters. The van der Waals surface area contributed by atoms with Gasteiger partial charge < -0.3 is 10.1 Å². The Balaban J connectivity index is 1.40. The van der Waals surface area contributed by atoms with Crippen LogP contribution in [0.4, 0.5) is 0 Å². The topological polar surface area (TPSA) is 68.3 Å². The normalized spacial score (nSPS) is 20.3. The van der Waals surface area contributed by atoms with E-state index in [0.29, 0.717) is 6.54 Å². The number of thiazole rings is 1. The van der Waals surface area contributed by atoms with Gasteiger partial charge in [0.15, 0.2) is 6.10 Å². The Bertz CT molecular complexity index is 950. The molecule has 1 amide bonds. The van der Waals surface area contributed by atoms with E-state index < -0.39 is 6.10 Å². The summed E-state index contributed by atoms with van der Waals surface area (Å²) in [5.41, 5.74) is 0.978. The summed E-state index contributed by atoms with van der Waals surface area (Å²) in [6, 6.07) is 12.0. The van der Waals surface area contributed by atoms with Crippen molar-refractivity contribution in [2.75, 3.05) is 0 Å². The summed E-state index contributed by atoms with van der Waals surface area (Å²) in [7, 11) is 0. The van der Waals surface area contributed by atoms with Gasteiger partial charge in [0.1, 0.15) is 0 Å². The Morgan fingerprint density at radius 2 is 2.03 bits per heavy atom. The van der Waals surface area contributed by atoms with Crippen LogP contribution >= 0.6 is 22.7 Å². The summed E-state index contributed by atoms with van der Waals surface area (Å²) >= 11 is 3.24. The molecule has 4 rings (SSSR count). The zero-order valence-corrected chi connectivity index (χ0v) is 17.9. The molecule has 7 heteroatoms. The molecule has 0 spiro atoms. The van der Waals surface area contributed by atoms with Crippen molar-refractivity contribution in [3.8, 4) is 0 Å². The maximum absolute atomic E-state index is 12.9.